The summed E-state index contributed by atoms with van der Waals surface area (Å²) in [5, 5.41) is 0. The van der Waals surface area contributed by atoms with E-state index in [1.807, 2.05) is 0 Å². The van der Waals surface area contributed by atoms with E-state index in [0.717, 1.165) is 79.3 Å². The summed E-state index contributed by atoms with van der Waals surface area (Å²) < 4.78 is 29.7. The zero-order valence-corrected chi connectivity index (χ0v) is 49.5. The van der Waals surface area contributed by atoms with Crippen molar-refractivity contribution in [2.24, 2.45) is 0 Å². The molecule has 4 aromatic carbocycles. The van der Waals surface area contributed by atoms with Gasteiger partial charge in [0.2, 0.25) is 0 Å². The Hall–Kier alpha value is -1.49. The van der Waals surface area contributed by atoms with Gasteiger partial charge >= 0.3 is 75.4 Å². The SMILES string of the molecule is C1CCOC1.C1CCOC1.C1CCOC1.C1CCOC1.C1CCOC1.C1CCOC1.CCCCCC.[Li+].[Li+].[Li+].[Li+].c1ccc([C-]2CC2)cc1.c1ccc([C-]2CC2)cc1.c1ccc([C-]2CC2)cc1.c1ccc([C-]2CC2)cc1. The molecule has 6 aliphatic heterocycles. The minimum atomic E-state index is 0. The maximum Gasteiger partial charge on any atom is 1.00 e. The smallest absolute Gasteiger partial charge is 0.381 e. The molecule has 10 fully saturated rings. The molecule has 0 unspecified atom stereocenters. The van der Waals surface area contributed by atoms with E-state index in [1.165, 1.54) is 176 Å². The molecule has 0 aromatic heterocycles. The Bertz CT molecular complexity index is 1390. The molecule has 402 valence electrons. The van der Waals surface area contributed by atoms with Crippen LogP contribution in [-0.2, 0) is 28.4 Å². The summed E-state index contributed by atoms with van der Waals surface area (Å²) in [4.78, 5) is 0. The van der Waals surface area contributed by atoms with Gasteiger partial charge in [0.05, 0.1) is 0 Å². The molecule has 0 bridgehead atoms. The Morgan fingerprint density at radius 1 is 0.250 bits per heavy atom. The molecule has 0 spiro atoms. The van der Waals surface area contributed by atoms with E-state index in [4.69, 9.17) is 28.4 Å². The molecule has 0 radical (unpaired) electrons. The Morgan fingerprint density at radius 3 is 0.487 bits per heavy atom. The molecular weight excluding hydrogens is 916 g/mol. The zero-order chi connectivity index (χ0) is 50.5. The average Bonchev–Trinajstić information content (AvgIpc) is 4.38. The van der Waals surface area contributed by atoms with Crippen LogP contribution < -0.4 is 75.4 Å². The Labute approximate surface area is 514 Å². The molecule has 4 aliphatic carbocycles. The van der Waals surface area contributed by atoms with E-state index in [9.17, 15) is 0 Å². The number of benzene rings is 4. The van der Waals surface area contributed by atoms with Crippen molar-refractivity contribution in [1.82, 2.24) is 0 Å². The van der Waals surface area contributed by atoms with Crippen molar-refractivity contribution in [1.29, 1.82) is 0 Å². The van der Waals surface area contributed by atoms with E-state index < -0.39 is 0 Å². The summed E-state index contributed by atoms with van der Waals surface area (Å²) in [6.07, 6.45) is 31.5. The van der Waals surface area contributed by atoms with Crippen LogP contribution in [-0.4, -0.2) is 79.3 Å². The van der Waals surface area contributed by atoms with Crippen LogP contribution >= 0.6 is 0 Å². The molecule has 14 rings (SSSR count). The topological polar surface area (TPSA) is 55.4 Å². The van der Waals surface area contributed by atoms with Gasteiger partial charge < -0.3 is 28.4 Å². The van der Waals surface area contributed by atoms with E-state index in [-0.39, 0.29) is 75.4 Å². The average molecular weight is 1020 g/mol. The van der Waals surface area contributed by atoms with Gasteiger partial charge in [-0.2, -0.15) is 94.5 Å². The molecule has 76 heavy (non-hydrogen) atoms. The molecule has 10 heteroatoms. The van der Waals surface area contributed by atoms with Gasteiger partial charge in [0.1, 0.15) is 0 Å². The molecule has 0 atom stereocenters. The van der Waals surface area contributed by atoms with Gasteiger partial charge in [0.25, 0.3) is 0 Å². The van der Waals surface area contributed by atoms with Crippen LogP contribution in [0.4, 0.5) is 0 Å². The molecule has 0 N–H and O–H groups in total. The van der Waals surface area contributed by atoms with E-state index in [0.29, 0.717) is 0 Å². The van der Waals surface area contributed by atoms with Gasteiger partial charge in [-0.3, -0.25) is 0 Å². The van der Waals surface area contributed by atoms with Gasteiger partial charge in [-0.15, -0.1) is 48.5 Å². The van der Waals surface area contributed by atoms with Gasteiger partial charge in [-0.25, -0.2) is 0 Å². The van der Waals surface area contributed by atoms with Gasteiger partial charge in [0, 0.05) is 79.3 Å². The monoisotopic (exact) mass is 1010 g/mol. The van der Waals surface area contributed by atoms with Gasteiger partial charge in [0.15, 0.2) is 0 Å². The van der Waals surface area contributed by atoms with Crippen LogP contribution in [0.15, 0.2) is 121 Å². The second-order valence-corrected chi connectivity index (χ2v) is 19.5. The van der Waals surface area contributed by atoms with Crippen LogP contribution in [0, 0.1) is 23.7 Å². The molecule has 10 aliphatic rings. The van der Waals surface area contributed by atoms with Crippen LogP contribution in [0.1, 0.15) is 190 Å². The summed E-state index contributed by atoms with van der Waals surface area (Å²) in [5.74, 6) is 6.48. The van der Waals surface area contributed by atoms with Crippen LogP contribution in [0.2, 0.25) is 0 Å². The fourth-order valence-corrected chi connectivity index (χ4v) is 7.66. The van der Waals surface area contributed by atoms with Crippen molar-refractivity contribution in [3.05, 3.63) is 167 Å². The first-order chi connectivity index (χ1) is 35.8. The fourth-order valence-electron chi connectivity index (χ4n) is 7.66. The maximum atomic E-state index is 4.94. The summed E-state index contributed by atoms with van der Waals surface area (Å²) in [5.41, 5.74) is 5.77. The Balaban J connectivity index is 0.000000818. The Morgan fingerprint density at radius 2 is 0.395 bits per heavy atom. The number of ether oxygens (including phenoxy) is 6. The predicted molar refractivity (Wildman–Crippen MR) is 302 cm³/mol. The standard InChI is InChI=1S/4C9H9.C6H14.6C4H8O.4Li/c4*1-2-4-8(5-3-1)9-6-7-9;1-3-5-6-4-2;6*1-2-4-5-3-1;;;;/h4*1-5H,6-7H2;3-6H2,1-2H3;6*1-4H2;;;;/q4*-1;;;;;;;;4*+1. The van der Waals surface area contributed by atoms with Crippen molar-refractivity contribution in [3.63, 3.8) is 0 Å². The van der Waals surface area contributed by atoms with Crippen molar-refractivity contribution >= 4 is 0 Å². The van der Waals surface area contributed by atoms with Crippen molar-refractivity contribution < 1.29 is 104 Å². The third kappa shape index (κ3) is 44.3. The number of unbranched alkanes of at least 4 members (excludes halogenated alkanes) is 3. The first-order valence-electron chi connectivity index (χ1n) is 28.8. The Kier molecular flexibility index (Phi) is 53.1. The molecule has 4 aromatic rings. The first-order valence-corrected chi connectivity index (χ1v) is 28.8. The number of hydrogen-bond donors (Lipinski definition) is 0. The third-order valence-electron chi connectivity index (χ3n) is 12.6. The first kappa shape index (κ1) is 74.5. The van der Waals surface area contributed by atoms with Crippen molar-refractivity contribution in [2.45, 2.75) is 168 Å². The van der Waals surface area contributed by atoms with Gasteiger partial charge in [-0.05, 0) is 77.0 Å². The second kappa shape index (κ2) is 54.1. The summed E-state index contributed by atoms with van der Waals surface area (Å²) in [6, 6.07) is 42.5. The van der Waals surface area contributed by atoms with E-state index >= 15 is 0 Å². The molecule has 4 saturated carbocycles. The predicted octanol–water partition coefficient (Wildman–Crippen LogP) is 5.00. The summed E-state index contributed by atoms with van der Waals surface area (Å²) in [7, 11) is 0. The molecule has 6 saturated heterocycles. The van der Waals surface area contributed by atoms with Crippen molar-refractivity contribution in [2.75, 3.05) is 79.3 Å². The zero-order valence-electron chi connectivity index (χ0n) is 49.5. The minimum absolute atomic E-state index is 0. The normalized spacial score (nSPS) is 17.7. The second-order valence-electron chi connectivity index (χ2n) is 19.5. The van der Waals surface area contributed by atoms with Crippen molar-refractivity contribution in [3.8, 4) is 0 Å². The molecular formula is C66H98Li4O6. The summed E-state index contributed by atoms with van der Waals surface area (Å²) >= 11 is 0. The quantitative estimate of drug-likeness (QED) is 0.148. The van der Waals surface area contributed by atoms with Crippen LogP contribution in [0.3, 0.4) is 0 Å². The molecule has 6 heterocycles. The van der Waals surface area contributed by atoms with E-state index in [1.54, 1.807) is 23.7 Å². The third-order valence-corrected chi connectivity index (χ3v) is 12.6. The van der Waals surface area contributed by atoms with Crippen LogP contribution in [0.5, 0.6) is 0 Å². The largest absolute Gasteiger partial charge is 1.00 e. The number of rotatable bonds is 7. The van der Waals surface area contributed by atoms with Gasteiger partial charge in [-0.1, -0.05) is 115 Å². The molecule has 6 nitrogen and oxygen atoms in total. The summed E-state index contributed by atoms with van der Waals surface area (Å²) in [6.45, 7) is 16.5. The molecule has 0 amide bonds. The van der Waals surface area contributed by atoms with E-state index in [2.05, 4.69) is 135 Å². The number of hydrogen-bond acceptors (Lipinski definition) is 6. The van der Waals surface area contributed by atoms with Crippen LogP contribution in [0.25, 0.3) is 0 Å². The fraction of sp³-hybridized carbons (Fsp3) is 0.576. The minimum Gasteiger partial charge on any atom is -0.381 e. The maximum absolute atomic E-state index is 4.94.